The molecular formula is C26H22N2O2. The maximum atomic E-state index is 10.6. The number of aryl methyl sites for hydroxylation is 2. The Morgan fingerprint density at radius 3 is 1.37 bits per heavy atom. The Bertz CT molecular complexity index is 1160. The average Bonchev–Trinajstić information content (AvgIpc) is 2.76. The summed E-state index contributed by atoms with van der Waals surface area (Å²) in [5.74, 6) is 0.170. The Labute approximate surface area is 175 Å². The van der Waals surface area contributed by atoms with Crippen molar-refractivity contribution in [2.45, 2.75) is 13.8 Å². The molecule has 0 aliphatic heterocycles. The minimum atomic E-state index is 0.0851. The standard InChI is InChI=1S/C26H22N2O2/c1-17-13-21-22(14-18(17)2)28-24(16-26(30)20-11-7-4-8-12-20)23(27-21)15-25(29)19-9-5-3-6-10-19/h3-16,29-30H,1-2H3. The molecule has 1 aromatic heterocycles. The largest absolute Gasteiger partial charge is 0.507 e. The van der Waals surface area contributed by atoms with Crippen LogP contribution in [-0.2, 0) is 0 Å². The van der Waals surface area contributed by atoms with Crippen LogP contribution in [0.15, 0.2) is 72.8 Å². The molecule has 0 atom stereocenters. The van der Waals surface area contributed by atoms with Crippen LogP contribution in [0.5, 0.6) is 0 Å². The van der Waals surface area contributed by atoms with Crippen molar-refractivity contribution < 1.29 is 10.2 Å². The normalized spacial score (nSPS) is 12.3. The third kappa shape index (κ3) is 4.08. The van der Waals surface area contributed by atoms with Gasteiger partial charge in [-0.05, 0) is 37.1 Å². The lowest BCUT2D eigenvalue weighted by atomic mass is 10.1. The van der Waals surface area contributed by atoms with Crippen molar-refractivity contribution in [1.82, 2.24) is 9.97 Å². The summed E-state index contributed by atoms with van der Waals surface area (Å²) in [6.45, 7) is 4.06. The molecule has 4 nitrogen and oxygen atoms in total. The first kappa shape index (κ1) is 19.4. The van der Waals surface area contributed by atoms with Gasteiger partial charge in [-0.25, -0.2) is 9.97 Å². The first-order valence-electron chi connectivity index (χ1n) is 9.72. The predicted octanol–water partition coefficient (Wildman–Crippen LogP) is 6.36. The third-order valence-corrected chi connectivity index (χ3v) is 5.02. The molecule has 0 unspecified atom stereocenters. The second kappa shape index (κ2) is 8.21. The summed E-state index contributed by atoms with van der Waals surface area (Å²) in [6, 6.07) is 22.5. The second-order valence-electron chi connectivity index (χ2n) is 7.21. The number of hydrogen-bond acceptors (Lipinski definition) is 4. The number of nitrogens with zero attached hydrogens (tertiary/aromatic N) is 2. The molecule has 30 heavy (non-hydrogen) atoms. The first-order chi connectivity index (χ1) is 14.5. The van der Waals surface area contributed by atoms with Gasteiger partial charge in [-0.15, -0.1) is 0 Å². The molecule has 0 saturated heterocycles. The molecule has 4 heteroatoms. The molecule has 2 N–H and O–H groups in total. The fraction of sp³-hybridized carbons (Fsp3) is 0.0769. The zero-order valence-electron chi connectivity index (χ0n) is 16.9. The monoisotopic (exact) mass is 394 g/mol. The van der Waals surface area contributed by atoms with Crippen LogP contribution in [-0.4, -0.2) is 20.2 Å². The molecule has 0 fully saturated rings. The van der Waals surface area contributed by atoms with E-state index < -0.39 is 0 Å². The molecule has 4 aromatic rings. The van der Waals surface area contributed by atoms with Crippen LogP contribution in [0.4, 0.5) is 0 Å². The molecule has 0 aliphatic carbocycles. The Balaban J connectivity index is 1.90. The van der Waals surface area contributed by atoms with E-state index in [2.05, 4.69) is 0 Å². The molecule has 3 aromatic carbocycles. The van der Waals surface area contributed by atoms with Crippen molar-refractivity contribution in [2.75, 3.05) is 0 Å². The molecule has 0 amide bonds. The first-order valence-corrected chi connectivity index (χ1v) is 9.72. The highest BCUT2D eigenvalue weighted by molar-refractivity contribution is 5.86. The fourth-order valence-corrected chi connectivity index (χ4v) is 3.19. The van der Waals surface area contributed by atoms with Gasteiger partial charge < -0.3 is 10.2 Å². The van der Waals surface area contributed by atoms with E-state index >= 15 is 0 Å². The van der Waals surface area contributed by atoms with Crippen LogP contribution in [0.2, 0.25) is 0 Å². The summed E-state index contributed by atoms with van der Waals surface area (Å²) >= 11 is 0. The van der Waals surface area contributed by atoms with Crippen molar-refractivity contribution in [1.29, 1.82) is 0 Å². The zero-order valence-corrected chi connectivity index (χ0v) is 16.9. The number of aliphatic hydroxyl groups is 2. The Morgan fingerprint density at radius 1 is 0.633 bits per heavy atom. The van der Waals surface area contributed by atoms with Crippen molar-refractivity contribution in [2.24, 2.45) is 0 Å². The van der Waals surface area contributed by atoms with Crippen LogP contribution < -0.4 is 0 Å². The van der Waals surface area contributed by atoms with E-state index in [9.17, 15) is 10.2 Å². The third-order valence-electron chi connectivity index (χ3n) is 5.02. The molecule has 148 valence electrons. The van der Waals surface area contributed by atoms with Crippen molar-refractivity contribution >= 4 is 34.7 Å². The molecule has 1 heterocycles. The summed E-state index contributed by atoms with van der Waals surface area (Å²) in [4.78, 5) is 9.47. The number of aromatic nitrogens is 2. The molecular weight excluding hydrogens is 372 g/mol. The van der Waals surface area contributed by atoms with Gasteiger partial charge in [-0.1, -0.05) is 60.7 Å². The van der Waals surface area contributed by atoms with Crippen molar-refractivity contribution in [3.05, 3.63) is 106 Å². The van der Waals surface area contributed by atoms with Crippen LogP contribution in [0, 0.1) is 13.8 Å². The van der Waals surface area contributed by atoms with Gasteiger partial charge in [-0.3, -0.25) is 0 Å². The molecule has 0 saturated carbocycles. The van der Waals surface area contributed by atoms with Gasteiger partial charge >= 0.3 is 0 Å². The van der Waals surface area contributed by atoms with Gasteiger partial charge in [-0.2, -0.15) is 0 Å². The van der Waals surface area contributed by atoms with Gasteiger partial charge in [0.05, 0.1) is 22.4 Å². The Morgan fingerprint density at radius 2 is 1.00 bits per heavy atom. The summed E-state index contributed by atoms with van der Waals surface area (Å²) in [6.07, 6.45) is 3.17. The van der Waals surface area contributed by atoms with E-state index in [-0.39, 0.29) is 11.5 Å². The number of hydrogen-bond donors (Lipinski definition) is 2. The minimum Gasteiger partial charge on any atom is -0.507 e. The van der Waals surface area contributed by atoms with Crippen molar-refractivity contribution in [3.8, 4) is 0 Å². The van der Waals surface area contributed by atoms with E-state index in [1.807, 2.05) is 86.6 Å². The quantitative estimate of drug-likeness (QED) is 0.395. The number of rotatable bonds is 4. The number of aliphatic hydroxyl groups excluding tert-OH is 2. The zero-order chi connectivity index (χ0) is 21.1. The molecule has 0 radical (unpaired) electrons. The summed E-state index contributed by atoms with van der Waals surface area (Å²) in [7, 11) is 0. The van der Waals surface area contributed by atoms with E-state index in [0.717, 1.165) is 22.2 Å². The smallest absolute Gasteiger partial charge is 0.125 e. The molecule has 0 aliphatic rings. The van der Waals surface area contributed by atoms with Gasteiger partial charge in [0, 0.05) is 23.3 Å². The number of fused-ring (bicyclic) bond motifs is 1. The fourth-order valence-electron chi connectivity index (χ4n) is 3.19. The van der Waals surface area contributed by atoms with Gasteiger partial charge in [0.15, 0.2) is 0 Å². The highest BCUT2D eigenvalue weighted by atomic mass is 16.3. The molecule has 0 bridgehead atoms. The highest BCUT2D eigenvalue weighted by Crippen LogP contribution is 2.24. The number of benzene rings is 3. The molecule has 0 spiro atoms. The Kier molecular flexibility index (Phi) is 5.31. The van der Waals surface area contributed by atoms with Gasteiger partial charge in [0.1, 0.15) is 11.5 Å². The summed E-state index contributed by atoms with van der Waals surface area (Å²) in [5.41, 5.74) is 6.04. The van der Waals surface area contributed by atoms with Crippen LogP contribution >= 0.6 is 0 Å². The van der Waals surface area contributed by atoms with Crippen LogP contribution in [0.1, 0.15) is 33.6 Å². The van der Waals surface area contributed by atoms with E-state index in [0.29, 0.717) is 22.5 Å². The predicted molar refractivity (Wildman–Crippen MR) is 123 cm³/mol. The van der Waals surface area contributed by atoms with Crippen LogP contribution in [0.3, 0.4) is 0 Å². The van der Waals surface area contributed by atoms with E-state index in [1.165, 1.54) is 0 Å². The molecule has 4 rings (SSSR count). The lowest BCUT2D eigenvalue weighted by Crippen LogP contribution is -1.98. The maximum absolute atomic E-state index is 10.6. The SMILES string of the molecule is Cc1cc2nc(C=C(O)c3ccccc3)c(C=C(O)c3ccccc3)nc2cc1C. The topological polar surface area (TPSA) is 66.2 Å². The van der Waals surface area contributed by atoms with E-state index in [4.69, 9.17) is 9.97 Å². The lowest BCUT2D eigenvalue weighted by Gasteiger charge is -2.09. The highest BCUT2D eigenvalue weighted by Gasteiger charge is 2.11. The van der Waals surface area contributed by atoms with Gasteiger partial charge in [0.25, 0.3) is 0 Å². The minimum absolute atomic E-state index is 0.0851. The van der Waals surface area contributed by atoms with E-state index in [1.54, 1.807) is 12.2 Å². The summed E-state index contributed by atoms with van der Waals surface area (Å²) < 4.78 is 0. The Hall–Kier alpha value is -3.92. The van der Waals surface area contributed by atoms with Crippen LogP contribution in [0.25, 0.3) is 34.7 Å². The average molecular weight is 394 g/mol. The van der Waals surface area contributed by atoms with Gasteiger partial charge in [0.2, 0.25) is 0 Å². The van der Waals surface area contributed by atoms with Crippen molar-refractivity contribution in [3.63, 3.8) is 0 Å². The summed E-state index contributed by atoms with van der Waals surface area (Å²) in [5, 5.41) is 21.3. The maximum Gasteiger partial charge on any atom is 0.125 e. The second-order valence-corrected chi connectivity index (χ2v) is 7.21. The lowest BCUT2D eigenvalue weighted by molar-refractivity contribution is 0.514.